The summed E-state index contributed by atoms with van der Waals surface area (Å²) < 4.78 is 11.9. The smallest absolute Gasteiger partial charge is 0.307 e. The van der Waals surface area contributed by atoms with Gasteiger partial charge >= 0.3 is 5.97 Å². The second-order valence-corrected chi connectivity index (χ2v) is 8.68. The number of anilines is 2. The molecule has 176 valence electrons. The van der Waals surface area contributed by atoms with Gasteiger partial charge in [0.15, 0.2) is 0 Å². The van der Waals surface area contributed by atoms with Gasteiger partial charge in [-0.25, -0.2) is 0 Å². The zero-order valence-corrected chi connectivity index (χ0v) is 19.6. The summed E-state index contributed by atoms with van der Waals surface area (Å²) >= 11 is 6.38. The minimum Gasteiger partial charge on any atom is -0.490 e. The maximum atomic E-state index is 12.8. The van der Waals surface area contributed by atoms with Gasteiger partial charge < -0.3 is 24.8 Å². The molecule has 0 fully saturated rings. The first-order valence-electron chi connectivity index (χ1n) is 10.8. The van der Waals surface area contributed by atoms with E-state index in [2.05, 4.69) is 10.2 Å². The average molecular weight is 481 g/mol. The van der Waals surface area contributed by atoms with Gasteiger partial charge in [0.05, 0.1) is 29.2 Å². The van der Waals surface area contributed by atoms with E-state index in [0.717, 1.165) is 17.0 Å². The van der Waals surface area contributed by atoms with Crippen molar-refractivity contribution < 1.29 is 24.2 Å². The summed E-state index contributed by atoms with van der Waals surface area (Å²) in [6.45, 7) is 2.86. The third kappa shape index (κ3) is 5.61. The molecule has 1 amide bonds. The number of likely N-dealkylation sites (N-methyl/N-ethyl adjacent to an activating group) is 1. The second-order valence-electron chi connectivity index (χ2n) is 8.27. The molecule has 4 rings (SSSR count). The molecule has 2 N–H and O–H groups in total. The molecule has 0 aromatic heterocycles. The van der Waals surface area contributed by atoms with Crippen molar-refractivity contribution in [3.8, 4) is 11.5 Å². The van der Waals surface area contributed by atoms with Crippen molar-refractivity contribution in [2.45, 2.75) is 19.4 Å². The summed E-state index contributed by atoms with van der Waals surface area (Å²) in [6, 6.07) is 17.9. The Kier molecular flexibility index (Phi) is 6.93. The van der Waals surface area contributed by atoms with Gasteiger partial charge in [-0.1, -0.05) is 29.8 Å². The Morgan fingerprint density at radius 1 is 1.18 bits per heavy atom. The van der Waals surface area contributed by atoms with Crippen LogP contribution in [-0.2, 0) is 11.2 Å². The Morgan fingerprint density at radius 3 is 2.74 bits per heavy atom. The first-order valence-corrected chi connectivity index (χ1v) is 11.2. The molecule has 34 heavy (non-hydrogen) atoms. The van der Waals surface area contributed by atoms with Crippen molar-refractivity contribution in [1.82, 2.24) is 0 Å². The number of aliphatic carboxylic acids is 1. The van der Waals surface area contributed by atoms with Crippen molar-refractivity contribution in [2.24, 2.45) is 0 Å². The molecule has 1 atom stereocenters. The molecule has 0 aliphatic carbocycles. The molecule has 0 saturated carbocycles. The number of nitrogens with zero attached hydrogens (tertiary/aromatic N) is 1. The Hall–Kier alpha value is -3.71. The number of hydrogen-bond acceptors (Lipinski definition) is 5. The van der Waals surface area contributed by atoms with Gasteiger partial charge in [0.1, 0.15) is 24.2 Å². The molecule has 0 spiro atoms. The highest BCUT2D eigenvalue weighted by Gasteiger charge is 2.23. The Labute approximate surface area is 202 Å². The van der Waals surface area contributed by atoms with Crippen molar-refractivity contribution in [3.05, 3.63) is 82.4 Å². The van der Waals surface area contributed by atoms with Gasteiger partial charge in [-0.15, -0.1) is 0 Å². The zero-order valence-electron chi connectivity index (χ0n) is 18.9. The topological polar surface area (TPSA) is 88.1 Å². The molecule has 3 aromatic rings. The minimum atomic E-state index is -0.934. The monoisotopic (exact) mass is 480 g/mol. The van der Waals surface area contributed by atoms with Gasteiger partial charge in [-0.05, 0) is 60.5 Å². The van der Waals surface area contributed by atoms with E-state index in [1.807, 2.05) is 38.2 Å². The lowest BCUT2D eigenvalue weighted by atomic mass is 10.1. The number of carbonyl (C=O) groups excluding carboxylic acids is 1. The molecule has 1 aliphatic rings. The summed E-state index contributed by atoms with van der Waals surface area (Å²) in [5.41, 5.74) is 3.30. The van der Waals surface area contributed by atoms with Crippen LogP contribution in [0.3, 0.4) is 0 Å². The number of hydrogen-bond donors (Lipinski definition) is 2. The predicted octanol–water partition coefficient (Wildman–Crippen LogP) is 4.80. The maximum absolute atomic E-state index is 12.8. The second kappa shape index (κ2) is 10.1. The highest BCUT2D eigenvalue weighted by Crippen LogP contribution is 2.32. The van der Waals surface area contributed by atoms with Gasteiger partial charge in [-0.2, -0.15) is 0 Å². The third-order valence-electron chi connectivity index (χ3n) is 5.42. The number of benzene rings is 3. The molecule has 1 heterocycles. The van der Waals surface area contributed by atoms with Crippen LogP contribution in [-0.4, -0.2) is 43.3 Å². The van der Waals surface area contributed by atoms with Crippen LogP contribution in [0.15, 0.2) is 60.7 Å². The van der Waals surface area contributed by atoms with Crippen molar-refractivity contribution in [2.75, 3.05) is 30.4 Å². The van der Waals surface area contributed by atoms with Crippen LogP contribution in [0.1, 0.15) is 21.5 Å². The number of ether oxygens (including phenoxy) is 2. The lowest BCUT2D eigenvalue weighted by Crippen LogP contribution is -2.41. The number of aryl methyl sites for hydroxylation is 1. The lowest BCUT2D eigenvalue weighted by molar-refractivity contribution is -0.136. The van der Waals surface area contributed by atoms with E-state index in [1.54, 1.807) is 36.4 Å². The highest BCUT2D eigenvalue weighted by molar-refractivity contribution is 6.34. The number of carbonyl (C=O) groups is 2. The summed E-state index contributed by atoms with van der Waals surface area (Å²) in [7, 11) is 2.01. The van der Waals surface area contributed by atoms with Crippen LogP contribution in [0, 0.1) is 6.92 Å². The van der Waals surface area contributed by atoms with Crippen LogP contribution >= 0.6 is 11.6 Å². The van der Waals surface area contributed by atoms with E-state index < -0.39 is 11.9 Å². The average Bonchev–Trinajstić information content (AvgIpc) is 2.77. The van der Waals surface area contributed by atoms with E-state index >= 15 is 0 Å². The number of carboxylic acid groups (broad SMARTS) is 1. The molecule has 0 saturated heterocycles. The number of fused-ring (bicyclic) bond motifs is 1. The molecule has 0 bridgehead atoms. The number of rotatable bonds is 7. The molecular weight excluding hydrogens is 456 g/mol. The lowest BCUT2D eigenvalue weighted by Gasteiger charge is -2.33. The van der Waals surface area contributed by atoms with Crippen molar-refractivity contribution in [1.29, 1.82) is 0 Å². The van der Waals surface area contributed by atoms with Gasteiger partial charge in [-0.3, -0.25) is 9.59 Å². The SMILES string of the molecule is Cc1cc(CC(=O)O)cc(NC(=O)c2ccc(OC[C@@H]3CN(C)c4ccccc4O3)cc2Cl)c1. The zero-order chi connectivity index (χ0) is 24.2. The molecule has 1 aliphatic heterocycles. The van der Waals surface area contributed by atoms with Crippen LogP contribution in [0.4, 0.5) is 11.4 Å². The molecule has 0 radical (unpaired) electrons. The first-order chi connectivity index (χ1) is 16.3. The summed E-state index contributed by atoms with van der Waals surface area (Å²) in [4.78, 5) is 25.9. The van der Waals surface area contributed by atoms with E-state index in [0.29, 0.717) is 30.2 Å². The van der Waals surface area contributed by atoms with Gasteiger partial charge in [0.2, 0.25) is 0 Å². The van der Waals surface area contributed by atoms with Crippen LogP contribution < -0.4 is 19.7 Å². The molecular formula is C26H25ClN2O5. The number of nitrogens with one attached hydrogen (secondary N) is 1. The van der Waals surface area contributed by atoms with E-state index in [1.165, 1.54) is 0 Å². The molecule has 3 aromatic carbocycles. The van der Waals surface area contributed by atoms with Crippen LogP contribution in [0.25, 0.3) is 0 Å². The Balaban J connectivity index is 1.39. The van der Waals surface area contributed by atoms with Crippen molar-refractivity contribution >= 4 is 34.9 Å². The van der Waals surface area contributed by atoms with Crippen LogP contribution in [0.5, 0.6) is 11.5 Å². The van der Waals surface area contributed by atoms with Gasteiger partial charge in [0.25, 0.3) is 5.91 Å². The normalized spacial score (nSPS) is 14.7. The summed E-state index contributed by atoms with van der Waals surface area (Å²) in [5.74, 6) is 0.0248. The standard InChI is InChI=1S/C26H25ClN2O5/c1-16-9-17(12-25(30)31)11-18(10-16)28-26(32)21-8-7-19(13-22(21)27)33-15-20-14-29(2)23-5-3-4-6-24(23)34-20/h3-11,13,20H,12,14-15H2,1-2H3,(H,28,32)(H,30,31)/t20-/m0/s1. The van der Waals surface area contributed by atoms with Crippen molar-refractivity contribution in [3.63, 3.8) is 0 Å². The van der Waals surface area contributed by atoms with E-state index in [4.69, 9.17) is 26.2 Å². The Bertz CT molecular complexity index is 1230. The largest absolute Gasteiger partial charge is 0.490 e. The highest BCUT2D eigenvalue weighted by atomic mass is 35.5. The van der Waals surface area contributed by atoms with Gasteiger partial charge in [0, 0.05) is 12.7 Å². The quantitative estimate of drug-likeness (QED) is 0.505. The fraction of sp³-hybridized carbons (Fsp3) is 0.231. The number of para-hydroxylation sites is 2. The fourth-order valence-electron chi connectivity index (χ4n) is 3.95. The molecule has 0 unspecified atom stereocenters. The first kappa shape index (κ1) is 23.4. The summed E-state index contributed by atoms with van der Waals surface area (Å²) in [6.07, 6.45) is -0.272. The van der Waals surface area contributed by atoms with Crippen LogP contribution in [0.2, 0.25) is 5.02 Å². The Morgan fingerprint density at radius 2 is 1.97 bits per heavy atom. The molecule has 7 nitrogen and oxygen atoms in total. The molecule has 8 heteroatoms. The minimum absolute atomic E-state index is 0.122. The summed E-state index contributed by atoms with van der Waals surface area (Å²) in [5, 5.41) is 12.1. The van der Waals surface area contributed by atoms with E-state index in [9.17, 15) is 9.59 Å². The number of halogens is 1. The third-order valence-corrected chi connectivity index (χ3v) is 5.73. The number of carboxylic acids is 1. The fourth-order valence-corrected chi connectivity index (χ4v) is 4.20. The van der Waals surface area contributed by atoms with E-state index in [-0.39, 0.29) is 23.1 Å². The maximum Gasteiger partial charge on any atom is 0.307 e. The number of amides is 1. The predicted molar refractivity (Wildman–Crippen MR) is 132 cm³/mol.